The lowest BCUT2D eigenvalue weighted by Crippen LogP contribution is -2.49. The quantitative estimate of drug-likeness (QED) is 0.849. The van der Waals surface area contributed by atoms with Crippen LogP contribution in [0.4, 0.5) is 0 Å². The summed E-state index contributed by atoms with van der Waals surface area (Å²) in [5.74, 6) is 0.741. The van der Waals surface area contributed by atoms with Gasteiger partial charge in [0.2, 0.25) is 0 Å². The van der Waals surface area contributed by atoms with Gasteiger partial charge in [0.15, 0.2) is 0 Å². The van der Waals surface area contributed by atoms with Gasteiger partial charge in [0.05, 0.1) is 11.7 Å². The second-order valence-electron chi connectivity index (χ2n) is 6.79. The molecule has 0 aliphatic carbocycles. The van der Waals surface area contributed by atoms with Crippen molar-refractivity contribution >= 4 is 21.8 Å². The van der Waals surface area contributed by atoms with Crippen molar-refractivity contribution in [3.63, 3.8) is 0 Å². The van der Waals surface area contributed by atoms with Crippen molar-refractivity contribution in [2.45, 2.75) is 32.4 Å². The van der Waals surface area contributed by atoms with Crippen LogP contribution < -0.4 is 10.1 Å². The van der Waals surface area contributed by atoms with Crippen LogP contribution in [-0.4, -0.2) is 67.1 Å². The second kappa shape index (κ2) is 7.85. The predicted molar refractivity (Wildman–Crippen MR) is 98.7 cm³/mol. The fourth-order valence-electron chi connectivity index (χ4n) is 3.47. The average Bonchev–Trinajstić information content (AvgIpc) is 3.05. The Morgan fingerprint density at radius 2 is 2.04 bits per heavy atom. The minimum Gasteiger partial charge on any atom is -0.490 e. The van der Waals surface area contributed by atoms with Crippen LogP contribution in [0.25, 0.3) is 0 Å². The molecular formula is C18H26BrN3O2. The van der Waals surface area contributed by atoms with Crippen LogP contribution in [0, 0.1) is 0 Å². The first kappa shape index (κ1) is 17.7. The summed E-state index contributed by atoms with van der Waals surface area (Å²) in [4.78, 5) is 17.5. The fourth-order valence-corrected chi connectivity index (χ4v) is 3.81. The number of rotatable bonds is 4. The smallest absolute Gasteiger partial charge is 0.257 e. The minimum absolute atomic E-state index is 0.0398. The number of halogens is 1. The molecule has 2 fully saturated rings. The average molecular weight is 396 g/mol. The predicted octanol–water partition coefficient (Wildman–Crippen LogP) is 2.36. The van der Waals surface area contributed by atoms with Crippen molar-refractivity contribution in [3.05, 3.63) is 28.2 Å². The zero-order chi connectivity index (χ0) is 17.1. The molecule has 2 heterocycles. The molecule has 2 aliphatic rings. The fraction of sp³-hybridized carbons (Fsp3) is 0.611. The zero-order valence-corrected chi connectivity index (χ0v) is 16.0. The second-order valence-corrected chi connectivity index (χ2v) is 7.70. The van der Waals surface area contributed by atoms with Gasteiger partial charge in [-0.05, 0) is 38.5 Å². The van der Waals surface area contributed by atoms with Crippen LogP contribution >= 0.6 is 15.9 Å². The Morgan fingerprint density at radius 3 is 2.75 bits per heavy atom. The van der Waals surface area contributed by atoms with Gasteiger partial charge < -0.3 is 15.0 Å². The number of benzene rings is 1. The van der Waals surface area contributed by atoms with E-state index in [1.807, 2.05) is 36.9 Å². The standard InChI is InChI=1S/C18H26BrN3O2/c1-13(2)24-17-11-14(19)3-4-16(17)18(23)22-8-5-15(12-22)21-9-6-20-7-10-21/h3-4,11,13,15,20H,5-10,12H2,1-2H3. The molecule has 1 atom stereocenters. The van der Waals surface area contributed by atoms with Crippen molar-refractivity contribution in [1.82, 2.24) is 15.1 Å². The normalized spacial score (nSPS) is 22.2. The molecule has 1 aromatic rings. The van der Waals surface area contributed by atoms with Crippen LogP contribution in [0.2, 0.25) is 0 Å². The number of hydrogen-bond acceptors (Lipinski definition) is 4. The van der Waals surface area contributed by atoms with Gasteiger partial charge in [-0.15, -0.1) is 0 Å². The highest BCUT2D eigenvalue weighted by Gasteiger charge is 2.32. The maximum atomic E-state index is 13.0. The molecule has 24 heavy (non-hydrogen) atoms. The van der Waals surface area contributed by atoms with Gasteiger partial charge in [0, 0.05) is 49.8 Å². The molecule has 2 saturated heterocycles. The number of amides is 1. The van der Waals surface area contributed by atoms with Gasteiger partial charge in [-0.1, -0.05) is 15.9 Å². The van der Waals surface area contributed by atoms with Crippen molar-refractivity contribution in [2.24, 2.45) is 0 Å². The van der Waals surface area contributed by atoms with E-state index >= 15 is 0 Å². The Morgan fingerprint density at radius 1 is 1.29 bits per heavy atom. The van der Waals surface area contributed by atoms with Gasteiger partial charge in [-0.25, -0.2) is 0 Å². The molecule has 132 valence electrons. The Balaban J connectivity index is 1.70. The van der Waals surface area contributed by atoms with Gasteiger partial charge in [-0.2, -0.15) is 0 Å². The van der Waals surface area contributed by atoms with E-state index in [4.69, 9.17) is 4.74 Å². The maximum absolute atomic E-state index is 13.0. The van der Waals surface area contributed by atoms with Crippen LogP contribution in [0.15, 0.2) is 22.7 Å². The summed E-state index contributed by atoms with van der Waals surface area (Å²) >= 11 is 3.46. The maximum Gasteiger partial charge on any atom is 0.257 e. The lowest BCUT2D eigenvalue weighted by Gasteiger charge is -2.32. The number of nitrogens with zero attached hydrogens (tertiary/aromatic N) is 2. The minimum atomic E-state index is 0.0398. The summed E-state index contributed by atoms with van der Waals surface area (Å²) in [7, 11) is 0. The van der Waals surface area contributed by atoms with E-state index in [2.05, 4.69) is 26.1 Å². The Kier molecular flexibility index (Phi) is 5.79. The third-order valence-electron chi connectivity index (χ3n) is 4.66. The highest BCUT2D eigenvalue weighted by molar-refractivity contribution is 9.10. The van der Waals surface area contributed by atoms with Crippen molar-refractivity contribution in [1.29, 1.82) is 0 Å². The first-order valence-electron chi connectivity index (χ1n) is 8.75. The van der Waals surface area contributed by atoms with Gasteiger partial charge in [0.25, 0.3) is 5.91 Å². The van der Waals surface area contributed by atoms with Crippen LogP contribution in [-0.2, 0) is 0 Å². The van der Waals surface area contributed by atoms with Gasteiger partial charge in [-0.3, -0.25) is 9.69 Å². The first-order chi connectivity index (χ1) is 11.5. The topological polar surface area (TPSA) is 44.8 Å². The number of nitrogens with one attached hydrogen (secondary N) is 1. The summed E-state index contributed by atoms with van der Waals surface area (Å²) in [6.07, 6.45) is 1.10. The van der Waals surface area contributed by atoms with E-state index in [-0.39, 0.29) is 12.0 Å². The molecule has 1 aromatic carbocycles. The van der Waals surface area contributed by atoms with Crippen LogP contribution in [0.3, 0.4) is 0 Å². The third-order valence-corrected chi connectivity index (χ3v) is 5.15. The molecule has 2 aliphatic heterocycles. The van der Waals surface area contributed by atoms with Gasteiger partial charge in [0.1, 0.15) is 5.75 Å². The molecule has 0 aromatic heterocycles. The summed E-state index contributed by atoms with van der Waals surface area (Å²) < 4.78 is 6.78. The SMILES string of the molecule is CC(C)Oc1cc(Br)ccc1C(=O)N1CCC(N2CCNCC2)C1. The summed E-state index contributed by atoms with van der Waals surface area (Å²) in [6, 6.07) is 6.14. The summed E-state index contributed by atoms with van der Waals surface area (Å²) in [6.45, 7) is 9.84. The Labute approximate surface area is 152 Å². The van der Waals surface area contributed by atoms with Crippen molar-refractivity contribution in [2.75, 3.05) is 39.3 Å². The van der Waals surface area contributed by atoms with Crippen molar-refractivity contribution < 1.29 is 9.53 Å². The number of likely N-dealkylation sites (tertiary alicyclic amines) is 1. The van der Waals surface area contributed by atoms with Gasteiger partial charge >= 0.3 is 0 Å². The number of carbonyl (C=O) groups is 1. The number of ether oxygens (including phenoxy) is 1. The van der Waals surface area contributed by atoms with Crippen LogP contribution in [0.5, 0.6) is 5.75 Å². The Bertz CT molecular complexity index is 588. The highest BCUT2D eigenvalue weighted by Crippen LogP contribution is 2.28. The summed E-state index contributed by atoms with van der Waals surface area (Å²) in [5, 5.41) is 3.39. The lowest BCUT2D eigenvalue weighted by atomic mass is 10.1. The number of piperazine rings is 1. The molecule has 0 spiro atoms. The third kappa shape index (κ3) is 4.10. The largest absolute Gasteiger partial charge is 0.490 e. The molecule has 0 saturated carbocycles. The molecule has 6 heteroatoms. The number of carbonyl (C=O) groups excluding carboxylic acids is 1. The molecular weight excluding hydrogens is 370 g/mol. The Hall–Kier alpha value is -1.11. The van der Waals surface area contributed by atoms with E-state index in [9.17, 15) is 4.79 Å². The van der Waals surface area contributed by atoms with E-state index in [1.54, 1.807) is 0 Å². The van der Waals surface area contributed by atoms with E-state index in [0.29, 0.717) is 17.4 Å². The molecule has 0 radical (unpaired) electrons. The molecule has 0 bridgehead atoms. The number of hydrogen-bond donors (Lipinski definition) is 1. The molecule has 5 nitrogen and oxygen atoms in total. The van der Waals surface area contributed by atoms with E-state index < -0.39 is 0 Å². The molecule has 1 amide bonds. The lowest BCUT2D eigenvalue weighted by molar-refractivity contribution is 0.0767. The van der Waals surface area contributed by atoms with Crippen LogP contribution in [0.1, 0.15) is 30.6 Å². The molecule has 3 rings (SSSR count). The van der Waals surface area contributed by atoms with Crippen molar-refractivity contribution in [3.8, 4) is 5.75 Å². The first-order valence-corrected chi connectivity index (χ1v) is 9.54. The van der Waals surface area contributed by atoms with E-state index in [0.717, 1.165) is 50.2 Å². The van der Waals surface area contributed by atoms with E-state index in [1.165, 1.54) is 0 Å². The summed E-state index contributed by atoms with van der Waals surface area (Å²) in [5.41, 5.74) is 0.660. The molecule has 1 unspecified atom stereocenters. The zero-order valence-electron chi connectivity index (χ0n) is 14.4. The highest BCUT2D eigenvalue weighted by atomic mass is 79.9. The monoisotopic (exact) mass is 395 g/mol. The molecule has 1 N–H and O–H groups in total.